The van der Waals surface area contributed by atoms with Crippen LogP contribution in [0, 0.1) is 0 Å². The Morgan fingerprint density at radius 3 is 2.54 bits per heavy atom. The fourth-order valence-corrected chi connectivity index (χ4v) is 3.86. The minimum atomic E-state index is -0.346. The molecular weight excluding hydrogens is 324 g/mol. The Morgan fingerprint density at radius 2 is 1.85 bits per heavy atom. The van der Waals surface area contributed by atoms with Crippen molar-refractivity contribution in [3.05, 3.63) is 70.9 Å². The van der Waals surface area contributed by atoms with E-state index in [1.807, 2.05) is 12.1 Å². The number of nitrogens with one attached hydrogen (secondary N) is 2. The zero-order valence-corrected chi connectivity index (χ0v) is 15.4. The van der Waals surface area contributed by atoms with E-state index in [2.05, 4.69) is 60.5 Å². The van der Waals surface area contributed by atoms with Crippen LogP contribution in [0.5, 0.6) is 0 Å². The molecular formula is C22H24N2O2. The van der Waals surface area contributed by atoms with Gasteiger partial charge < -0.3 is 9.72 Å². The van der Waals surface area contributed by atoms with E-state index in [0.717, 1.165) is 16.8 Å². The molecule has 26 heavy (non-hydrogen) atoms. The quantitative estimate of drug-likeness (QED) is 0.702. The van der Waals surface area contributed by atoms with Gasteiger partial charge in [-0.1, -0.05) is 56.3 Å². The van der Waals surface area contributed by atoms with Gasteiger partial charge in [0.15, 0.2) is 0 Å². The van der Waals surface area contributed by atoms with Crippen molar-refractivity contribution in [2.45, 2.75) is 38.3 Å². The third-order valence-corrected chi connectivity index (χ3v) is 5.33. The molecule has 0 amide bonds. The molecule has 0 bridgehead atoms. The number of hydrogen-bond donors (Lipinski definition) is 2. The van der Waals surface area contributed by atoms with E-state index in [-0.39, 0.29) is 18.1 Å². The molecule has 4 rings (SSSR count). The maximum Gasteiger partial charge on any atom is 0.323 e. The van der Waals surface area contributed by atoms with Gasteiger partial charge in [-0.2, -0.15) is 0 Å². The van der Waals surface area contributed by atoms with Gasteiger partial charge in [0.1, 0.15) is 6.04 Å². The van der Waals surface area contributed by atoms with Crippen LogP contribution in [-0.4, -0.2) is 24.1 Å². The predicted molar refractivity (Wildman–Crippen MR) is 103 cm³/mol. The van der Waals surface area contributed by atoms with Crippen molar-refractivity contribution in [2.24, 2.45) is 0 Å². The second-order valence-electron chi connectivity index (χ2n) is 7.26. The Morgan fingerprint density at radius 1 is 1.12 bits per heavy atom. The van der Waals surface area contributed by atoms with Gasteiger partial charge in [-0.25, -0.2) is 0 Å². The molecule has 0 spiro atoms. The van der Waals surface area contributed by atoms with Gasteiger partial charge in [0.2, 0.25) is 0 Å². The summed E-state index contributed by atoms with van der Waals surface area (Å²) in [6.45, 7) is 4.38. The number of para-hydroxylation sites is 1. The topological polar surface area (TPSA) is 54.1 Å². The van der Waals surface area contributed by atoms with E-state index in [1.165, 1.54) is 23.6 Å². The number of carbonyl (C=O) groups excluding carboxylic acids is 1. The largest absolute Gasteiger partial charge is 0.468 e. The first-order valence-electron chi connectivity index (χ1n) is 9.11. The lowest BCUT2D eigenvalue weighted by molar-refractivity contribution is -0.143. The summed E-state index contributed by atoms with van der Waals surface area (Å²) in [5.41, 5.74) is 5.91. The van der Waals surface area contributed by atoms with E-state index in [4.69, 9.17) is 4.74 Å². The Balaban J connectivity index is 1.81. The number of benzene rings is 2. The van der Waals surface area contributed by atoms with Crippen molar-refractivity contribution in [1.29, 1.82) is 0 Å². The van der Waals surface area contributed by atoms with E-state index >= 15 is 0 Å². The molecule has 134 valence electrons. The molecule has 0 fully saturated rings. The van der Waals surface area contributed by atoms with Crippen molar-refractivity contribution in [1.82, 2.24) is 10.3 Å². The Hall–Kier alpha value is -2.59. The van der Waals surface area contributed by atoms with Crippen molar-refractivity contribution in [3.8, 4) is 0 Å². The van der Waals surface area contributed by atoms with Crippen LogP contribution in [0.3, 0.4) is 0 Å². The molecule has 0 saturated heterocycles. The summed E-state index contributed by atoms with van der Waals surface area (Å²) in [7, 11) is 1.45. The van der Waals surface area contributed by atoms with Gasteiger partial charge in [-0.3, -0.25) is 10.1 Å². The standard InChI is InChI=1S/C22H24N2O2/c1-13(2)14-8-10-15(11-9-14)20-21-17(12-19(24-20)22(25)26-3)16-6-4-5-7-18(16)23-21/h4-11,13,19-20,23-24H,12H2,1-3H3/t19-,20-/m0/s1. The first-order valence-corrected chi connectivity index (χ1v) is 9.11. The molecule has 2 N–H and O–H groups in total. The molecule has 2 aromatic carbocycles. The normalized spacial score (nSPS) is 19.5. The van der Waals surface area contributed by atoms with Crippen LogP contribution in [0.15, 0.2) is 48.5 Å². The number of esters is 1. The maximum absolute atomic E-state index is 12.3. The number of rotatable bonds is 3. The van der Waals surface area contributed by atoms with Crippen LogP contribution in [0.25, 0.3) is 10.9 Å². The number of hydrogen-bond acceptors (Lipinski definition) is 3. The average molecular weight is 348 g/mol. The Kier molecular flexibility index (Phi) is 4.29. The van der Waals surface area contributed by atoms with E-state index in [9.17, 15) is 4.79 Å². The summed E-state index contributed by atoms with van der Waals surface area (Å²) in [6, 6.07) is 16.5. The van der Waals surface area contributed by atoms with Gasteiger partial charge in [0.25, 0.3) is 0 Å². The highest BCUT2D eigenvalue weighted by molar-refractivity contribution is 5.87. The summed E-state index contributed by atoms with van der Waals surface area (Å²) in [5.74, 6) is 0.277. The third kappa shape index (κ3) is 2.80. The number of carbonyl (C=O) groups is 1. The van der Waals surface area contributed by atoms with Gasteiger partial charge >= 0.3 is 5.97 Å². The first-order chi connectivity index (χ1) is 12.6. The van der Waals surface area contributed by atoms with E-state index in [1.54, 1.807) is 0 Å². The van der Waals surface area contributed by atoms with E-state index in [0.29, 0.717) is 12.3 Å². The summed E-state index contributed by atoms with van der Waals surface area (Å²) < 4.78 is 5.02. The zero-order chi connectivity index (χ0) is 18.3. The van der Waals surface area contributed by atoms with Gasteiger partial charge in [-0.05, 0) is 28.7 Å². The molecule has 4 heteroatoms. The number of H-pyrrole nitrogens is 1. The van der Waals surface area contributed by atoms with Crippen molar-refractivity contribution in [2.75, 3.05) is 7.11 Å². The van der Waals surface area contributed by atoms with Crippen LogP contribution in [0.2, 0.25) is 0 Å². The average Bonchev–Trinajstić information content (AvgIpc) is 3.05. The lowest BCUT2D eigenvalue weighted by Crippen LogP contribution is -2.45. The number of aromatic amines is 1. The smallest absolute Gasteiger partial charge is 0.323 e. The fourth-order valence-electron chi connectivity index (χ4n) is 3.86. The van der Waals surface area contributed by atoms with E-state index < -0.39 is 0 Å². The highest BCUT2D eigenvalue weighted by atomic mass is 16.5. The van der Waals surface area contributed by atoms with Crippen molar-refractivity contribution in [3.63, 3.8) is 0 Å². The minimum Gasteiger partial charge on any atom is -0.468 e. The highest BCUT2D eigenvalue weighted by Crippen LogP contribution is 2.35. The molecule has 1 aliphatic rings. The van der Waals surface area contributed by atoms with Gasteiger partial charge in [0.05, 0.1) is 13.2 Å². The molecule has 2 atom stereocenters. The second-order valence-corrected chi connectivity index (χ2v) is 7.26. The summed E-state index contributed by atoms with van der Waals surface area (Å²) >= 11 is 0. The van der Waals surface area contributed by atoms with Crippen molar-refractivity contribution < 1.29 is 9.53 Å². The molecule has 2 heterocycles. The van der Waals surface area contributed by atoms with Gasteiger partial charge in [-0.15, -0.1) is 0 Å². The number of ether oxygens (including phenoxy) is 1. The molecule has 0 saturated carbocycles. The Labute approximate surface area is 153 Å². The monoisotopic (exact) mass is 348 g/mol. The molecule has 0 unspecified atom stereocenters. The minimum absolute atomic E-state index is 0.0588. The SMILES string of the molecule is COC(=O)[C@@H]1Cc2c([nH]c3ccccc23)[C@H](c2ccc(C(C)C)cc2)N1. The molecule has 0 radical (unpaired) electrons. The fraction of sp³-hybridized carbons (Fsp3) is 0.318. The first kappa shape index (κ1) is 16.9. The van der Waals surface area contributed by atoms with Crippen LogP contribution in [-0.2, 0) is 16.0 Å². The zero-order valence-electron chi connectivity index (χ0n) is 15.4. The van der Waals surface area contributed by atoms with Gasteiger partial charge in [0, 0.05) is 23.0 Å². The third-order valence-electron chi connectivity index (χ3n) is 5.33. The second kappa shape index (κ2) is 6.61. The lowest BCUT2D eigenvalue weighted by atomic mass is 9.89. The predicted octanol–water partition coefficient (Wildman–Crippen LogP) is 4.07. The highest BCUT2D eigenvalue weighted by Gasteiger charge is 2.34. The molecule has 0 aliphatic carbocycles. The molecule has 3 aromatic rings. The van der Waals surface area contributed by atoms with Crippen LogP contribution in [0.4, 0.5) is 0 Å². The number of aromatic nitrogens is 1. The van der Waals surface area contributed by atoms with Crippen LogP contribution >= 0.6 is 0 Å². The number of methoxy groups -OCH3 is 1. The number of fused-ring (bicyclic) bond motifs is 3. The van der Waals surface area contributed by atoms with Crippen molar-refractivity contribution >= 4 is 16.9 Å². The van der Waals surface area contributed by atoms with Crippen LogP contribution in [0.1, 0.15) is 48.2 Å². The maximum atomic E-state index is 12.3. The van der Waals surface area contributed by atoms with Crippen LogP contribution < -0.4 is 5.32 Å². The molecule has 1 aromatic heterocycles. The summed E-state index contributed by atoms with van der Waals surface area (Å²) in [5, 5.41) is 4.66. The molecule has 1 aliphatic heterocycles. The summed E-state index contributed by atoms with van der Waals surface area (Å²) in [6.07, 6.45) is 0.632. The summed E-state index contributed by atoms with van der Waals surface area (Å²) in [4.78, 5) is 15.8. The molecule has 4 nitrogen and oxygen atoms in total. The lowest BCUT2D eigenvalue weighted by Gasteiger charge is -2.30. The Bertz CT molecular complexity index is 940.